The molecule has 0 spiro atoms. The molecule has 0 saturated heterocycles. The predicted octanol–water partition coefficient (Wildman–Crippen LogP) is 3.42. The Morgan fingerprint density at radius 3 is 2.87 bits per heavy atom. The SMILES string of the molecule is O=C(NCc1ncccn1)c1oc2cnccc2c1Nc1ccc2c(c1)CC/C2=N\O. The van der Waals surface area contributed by atoms with Crippen molar-refractivity contribution in [3.05, 3.63) is 77.8 Å². The maximum absolute atomic E-state index is 12.9. The van der Waals surface area contributed by atoms with Crippen molar-refractivity contribution < 1.29 is 14.4 Å². The summed E-state index contributed by atoms with van der Waals surface area (Å²) in [7, 11) is 0. The molecule has 3 heterocycles. The predicted molar refractivity (Wildman–Crippen MR) is 114 cm³/mol. The second kappa shape index (κ2) is 7.86. The molecule has 5 rings (SSSR count). The van der Waals surface area contributed by atoms with Gasteiger partial charge in [-0.2, -0.15) is 0 Å². The van der Waals surface area contributed by atoms with Gasteiger partial charge in [0.2, 0.25) is 5.76 Å². The van der Waals surface area contributed by atoms with Gasteiger partial charge in [-0.3, -0.25) is 9.78 Å². The first-order chi connectivity index (χ1) is 15.2. The van der Waals surface area contributed by atoms with E-state index in [4.69, 9.17) is 9.62 Å². The van der Waals surface area contributed by atoms with Crippen LogP contribution in [0.2, 0.25) is 0 Å². The van der Waals surface area contributed by atoms with E-state index in [-0.39, 0.29) is 18.2 Å². The normalized spacial score (nSPS) is 14.0. The van der Waals surface area contributed by atoms with Crippen molar-refractivity contribution in [3.63, 3.8) is 0 Å². The summed E-state index contributed by atoms with van der Waals surface area (Å²) in [5, 5.41) is 19.4. The van der Waals surface area contributed by atoms with E-state index in [1.54, 1.807) is 36.9 Å². The van der Waals surface area contributed by atoms with E-state index in [0.717, 1.165) is 28.6 Å². The molecule has 0 aliphatic heterocycles. The maximum Gasteiger partial charge on any atom is 0.289 e. The van der Waals surface area contributed by atoms with E-state index in [1.807, 2.05) is 18.2 Å². The van der Waals surface area contributed by atoms with Crippen molar-refractivity contribution in [1.82, 2.24) is 20.3 Å². The quantitative estimate of drug-likeness (QED) is 0.337. The van der Waals surface area contributed by atoms with Crippen LogP contribution in [0.4, 0.5) is 11.4 Å². The molecule has 9 nitrogen and oxygen atoms in total. The van der Waals surface area contributed by atoms with Crippen LogP contribution in [0.15, 0.2) is 64.7 Å². The summed E-state index contributed by atoms with van der Waals surface area (Å²) in [6, 6.07) is 9.30. The Morgan fingerprint density at radius 2 is 2.03 bits per heavy atom. The molecular weight excluding hydrogens is 396 g/mol. The molecule has 3 N–H and O–H groups in total. The van der Waals surface area contributed by atoms with Crippen LogP contribution in [0.1, 0.15) is 33.9 Å². The molecule has 1 amide bonds. The summed E-state index contributed by atoms with van der Waals surface area (Å²) in [6.45, 7) is 0.177. The highest BCUT2D eigenvalue weighted by Crippen LogP contribution is 2.34. The van der Waals surface area contributed by atoms with Crippen molar-refractivity contribution >= 4 is 34.0 Å². The van der Waals surface area contributed by atoms with Gasteiger partial charge in [0, 0.05) is 35.2 Å². The fraction of sp³-hybridized carbons (Fsp3) is 0.136. The number of fused-ring (bicyclic) bond motifs is 2. The summed E-state index contributed by atoms with van der Waals surface area (Å²) < 4.78 is 5.82. The Balaban J connectivity index is 1.46. The zero-order valence-electron chi connectivity index (χ0n) is 16.4. The zero-order chi connectivity index (χ0) is 21.2. The number of carbonyl (C=O) groups is 1. The van der Waals surface area contributed by atoms with Gasteiger partial charge in [0.1, 0.15) is 5.82 Å². The van der Waals surface area contributed by atoms with Gasteiger partial charge in [0.05, 0.1) is 24.1 Å². The van der Waals surface area contributed by atoms with E-state index in [9.17, 15) is 4.79 Å². The first-order valence-electron chi connectivity index (χ1n) is 9.75. The fourth-order valence-electron chi connectivity index (χ4n) is 3.69. The third kappa shape index (κ3) is 3.57. The summed E-state index contributed by atoms with van der Waals surface area (Å²) in [4.78, 5) is 25.2. The number of nitrogens with zero attached hydrogens (tertiary/aromatic N) is 4. The number of nitrogens with one attached hydrogen (secondary N) is 2. The summed E-state index contributed by atoms with van der Waals surface area (Å²) in [5.74, 6) is 0.266. The number of amides is 1. The lowest BCUT2D eigenvalue weighted by molar-refractivity contribution is 0.0925. The van der Waals surface area contributed by atoms with Crippen molar-refractivity contribution in [1.29, 1.82) is 0 Å². The molecule has 1 aliphatic carbocycles. The Kier molecular flexibility index (Phi) is 4.75. The van der Waals surface area contributed by atoms with Gasteiger partial charge in [0.25, 0.3) is 5.91 Å². The number of rotatable bonds is 5. The smallest absolute Gasteiger partial charge is 0.289 e. The highest BCUT2D eigenvalue weighted by molar-refractivity contribution is 6.07. The van der Waals surface area contributed by atoms with Crippen LogP contribution in [0.5, 0.6) is 0 Å². The van der Waals surface area contributed by atoms with E-state index < -0.39 is 0 Å². The molecule has 31 heavy (non-hydrogen) atoms. The molecule has 9 heteroatoms. The number of anilines is 2. The van der Waals surface area contributed by atoms with Gasteiger partial charge in [-0.05, 0) is 42.7 Å². The maximum atomic E-state index is 12.9. The topological polar surface area (TPSA) is 126 Å². The summed E-state index contributed by atoms with van der Waals surface area (Å²) in [6.07, 6.45) is 7.96. The minimum absolute atomic E-state index is 0.150. The Hall–Kier alpha value is -4.27. The van der Waals surface area contributed by atoms with Crippen LogP contribution in [-0.2, 0) is 13.0 Å². The van der Waals surface area contributed by atoms with Crippen LogP contribution in [0.3, 0.4) is 0 Å². The molecule has 154 valence electrons. The number of furan rings is 1. The molecule has 4 aromatic rings. The van der Waals surface area contributed by atoms with E-state index in [0.29, 0.717) is 29.2 Å². The molecule has 0 bridgehead atoms. The van der Waals surface area contributed by atoms with Crippen LogP contribution in [-0.4, -0.2) is 31.8 Å². The minimum atomic E-state index is -0.387. The van der Waals surface area contributed by atoms with Crippen LogP contribution in [0, 0.1) is 0 Å². The van der Waals surface area contributed by atoms with Crippen LogP contribution < -0.4 is 10.6 Å². The number of oxime groups is 1. The first-order valence-corrected chi connectivity index (χ1v) is 9.75. The lowest BCUT2D eigenvalue weighted by Crippen LogP contribution is -2.24. The van der Waals surface area contributed by atoms with E-state index >= 15 is 0 Å². The van der Waals surface area contributed by atoms with Gasteiger partial charge in [-0.1, -0.05) is 11.2 Å². The molecule has 1 aliphatic rings. The number of aromatic nitrogens is 3. The molecule has 0 radical (unpaired) electrons. The minimum Gasteiger partial charge on any atom is -0.447 e. The van der Waals surface area contributed by atoms with E-state index in [1.165, 1.54) is 0 Å². The van der Waals surface area contributed by atoms with Crippen LogP contribution >= 0.6 is 0 Å². The fourth-order valence-corrected chi connectivity index (χ4v) is 3.69. The van der Waals surface area contributed by atoms with Gasteiger partial charge in [-0.25, -0.2) is 9.97 Å². The van der Waals surface area contributed by atoms with Crippen molar-refractivity contribution in [3.8, 4) is 0 Å². The zero-order valence-corrected chi connectivity index (χ0v) is 16.4. The Morgan fingerprint density at radius 1 is 1.16 bits per heavy atom. The number of pyridine rings is 1. The third-order valence-electron chi connectivity index (χ3n) is 5.16. The van der Waals surface area contributed by atoms with Crippen molar-refractivity contribution in [2.24, 2.45) is 5.16 Å². The highest BCUT2D eigenvalue weighted by atomic mass is 16.4. The number of carbonyl (C=O) groups excluding carboxylic acids is 1. The molecule has 0 fully saturated rings. The standard InChI is InChI=1S/C22H18N6O3/c29-22(26-12-19-24-7-1-8-25-19)21-20(16-6-9-23-11-18(16)31-21)27-14-3-4-15-13(10-14)2-5-17(15)28-30/h1,3-4,6-11,27,30H,2,5,12H2,(H,26,29)/b28-17+. The van der Waals surface area contributed by atoms with Gasteiger partial charge in [0.15, 0.2) is 5.58 Å². The molecule has 0 atom stereocenters. The number of aryl methyl sites for hydroxylation is 1. The number of benzene rings is 1. The third-order valence-corrected chi connectivity index (χ3v) is 5.16. The lowest BCUT2D eigenvalue weighted by Gasteiger charge is -2.09. The van der Waals surface area contributed by atoms with Crippen molar-refractivity contribution in [2.75, 3.05) is 5.32 Å². The largest absolute Gasteiger partial charge is 0.447 e. The van der Waals surface area contributed by atoms with Crippen molar-refractivity contribution in [2.45, 2.75) is 19.4 Å². The number of hydrogen-bond donors (Lipinski definition) is 3. The van der Waals surface area contributed by atoms with Gasteiger partial charge < -0.3 is 20.3 Å². The summed E-state index contributed by atoms with van der Waals surface area (Å²) in [5.41, 5.74) is 4.57. The molecule has 0 unspecified atom stereocenters. The second-order valence-electron chi connectivity index (χ2n) is 7.07. The van der Waals surface area contributed by atoms with Crippen LogP contribution in [0.25, 0.3) is 11.0 Å². The van der Waals surface area contributed by atoms with Gasteiger partial charge >= 0.3 is 0 Å². The first kappa shape index (κ1) is 18.7. The van der Waals surface area contributed by atoms with E-state index in [2.05, 4.69) is 30.7 Å². The average Bonchev–Trinajstić information content (AvgIpc) is 3.39. The molecule has 3 aromatic heterocycles. The molecule has 1 aromatic carbocycles. The Bertz CT molecular complexity index is 1300. The Labute approximate surface area is 176 Å². The monoisotopic (exact) mass is 414 g/mol. The highest BCUT2D eigenvalue weighted by Gasteiger charge is 2.23. The molecular formula is C22H18N6O3. The number of hydrogen-bond acceptors (Lipinski definition) is 8. The molecule has 0 saturated carbocycles. The average molecular weight is 414 g/mol. The van der Waals surface area contributed by atoms with Gasteiger partial charge in [-0.15, -0.1) is 0 Å². The lowest BCUT2D eigenvalue weighted by atomic mass is 10.1. The summed E-state index contributed by atoms with van der Waals surface area (Å²) >= 11 is 0. The second-order valence-corrected chi connectivity index (χ2v) is 7.07.